The molecule has 0 amide bonds. The molecule has 1 aliphatic rings. The van der Waals surface area contributed by atoms with Gasteiger partial charge in [-0.2, -0.15) is 0 Å². The Bertz CT molecular complexity index is 633. The van der Waals surface area contributed by atoms with Gasteiger partial charge in [-0.15, -0.1) is 0 Å². The van der Waals surface area contributed by atoms with Crippen LogP contribution in [0.5, 0.6) is 5.75 Å². The van der Waals surface area contributed by atoms with Gasteiger partial charge < -0.3 is 5.11 Å². The fraction of sp³-hybridized carbons (Fsp3) is 0.400. The molecule has 1 nitrogen and oxygen atoms in total. The van der Waals surface area contributed by atoms with Crippen molar-refractivity contribution in [2.24, 2.45) is 0 Å². The largest absolute Gasteiger partial charge is 0.507 e. The summed E-state index contributed by atoms with van der Waals surface area (Å²) in [7, 11) is 0. The van der Waals surface area contributed by atoms with E-state index in [1.807, 2.05) is 18.2 Å². The van der Waals surface area contributed by atoms with Crippen molar-refractivity contribution < 1.29 is 9.50 Å². The summed E-state index contributed by atoms with van der Waals surface area (Å²) in [5, 5.41) is 10.7. The number of rotatable bonds is 3. The highest BCUT2D eigenvalue weighted by atomic mass is 19.1. The van der Waals surface area contributed by atoms with Crippen molar-refractivity contribution in [1.82, 2.24) is 0 Å². The Balaban J connectivity index is 1.94. The summed E-state index contributed by atoms with van der Waals surface area (Å²) in [6.45, 7) is 2.13. The summed E-state index contributed by atoms with van der Waals surface area (Å²) in [5.74, 6) is 0.462. The lowest BCUT2D eigenvalue weighted by molar-refractivity contribution is 0.230. The van der Waals surface area contributed by atoms with Crippen LogP contribution < -0.4 is 0 Å². The molecular formula is C20H23FO. The Morgan fingerprint density at radius 1 is 1.09 bits per heavy atom. The van der Waals surface area contributed by atoms with Gasteiger partial charge in [0.2, 0.25) is 0 Å². The zero-order valence-corrected chi connectivity index (χ0v) is 13.1. The number of aromatic hydroxyl groups is 1. The highest BCUT2D eigenvalue weighted by Gasteiger charge is 2.25. The fourth-order valence-corrected chi connectivity index (χ4v) is 3.46. The molecule has 1 fully saturated rings. The van der Waals surface area contributed by atoms with Crippen molar-refractivity contribution >= 4 is 0 Å². The predicted octanol–water partition coefficient (Wildman–Crippen LogP) is 5.62. The molecule has 0 heterocycles. The minimum Gasteiger partial charge on any atom is -0.507 e. The Hall–Kier alpha value is -1.83. The van der Waals surface area contributed by atoms with E-state index in [0.717, 1.165) is 36.0 Å². The highest BCUT2D eigenvalue weighted by Crippen LogP contribution is 2.42. The number of hydrogen-bond donors (Lipinski definition) is 1. The molecule has 116 valence electrons. The Morgan fingerprint density at radius 3 is 2.55 bits per heavy atom. The number of benzene rings is 2. The summed E-state index contributed by atoms with van der Waals surface area (Å²) in [6, 6.07) is 14.2. The standard InChI is InChI=1S/C20H23FO/c1-2-14-9-11-15(12-10-14)18-7-4-8-19(20(18)22)16-5-3-6-17(21)13-16/h4,7-12,16-17,22H,2-3,5-6,13H2,1H3. The van der Waals surface area contributed by atoms with Crippen LogP contribution in [0.25, 0.3) is 11.1 Å². The average Bonchev–Trinajstić information content (AvgIpc) is 2.55. The topological polar surface area (TPSA) is 20.2 Å². The van der Waals surface area contributed by atoms with Gasteiger partial charge in [-0.3, -0.25) is 0 Å². The molecule has 0 aliphatic heterocycles. The number of alkyl halides is 1. The summed E-state index contributed by atoms with van der Waals surface area (Å²) >= 11 is 0. The van der Waals surface area contributed by atoms with E-state index in [-0.39, 0.29) is 5.92 Å². The second-order valence-electron chi connectivity index (χ2n) is 6.25. The van der Waals surface area contributed by atoms with Crippen LogP contribution >= 0.6 is 0 Å². The summed E-state index contributed by atoms with van der Waals surface area (Å²) in [4.78, 5) is 0. The van der Waals surface area contributed by atoms with Crippen LogP contribution in [-0.4, -0.2) is 11.3 Å². The van der Waals surface area contributed by atoms with E-state index < -0.39 is 6.17 Å². The zero-order chi connectivity index (χ0) is 15.5. The van der Waals surface area contributed by atoms with E-state index >= 15 is 0 Å². The van der Waals surface area contributed by atoms with Crippen molar-refractivity contribution in [3.8, 4) is 16.9 Å². The molecule has 0 bridgehead atoms. The lowest BCUT2D eigenvalue weighted by atomic mass is 9.81. The first-order chi connectivity index (χ1) is 10.7. The van der Waals surface area contributed by atoms with Crippen molar-refractivity contribution in [2.75, 3.05) is 0 Å². The molecule has 2 heteroatoms. The van der Waals surface area contributed by atoms with Crippen molar-refractivity contribution in [2.45, 2.75) is 51.1 Å². The summed E-state index contributed by atoms with van der Waals surface area (Å²) in [6.07, 6.45) is 3.34. The van der Waals surface area contributed by atoms with E-state index in [1.165, 1.54) is 5.56 Å². The molecule has 0 saturated heterocycles. The molecule has 2 atom stereocenters. The quantitative estimate of drug-likeness (QED) is 0.780. The van der Waals surface area contributed by atoms with Gasteiger partial charge in [0.25, 0.3) is 0 Å². The van der Waals surface area contributed by atoms with E-state index in [4.69, 9.17) is 0 Å². The van der Waals surface area contributed by atoms with Gasteiger partial charge in [-0.1, -0.05) is 49.4 Å². The number of halogens is 1. The fourth-order valence-electron chi connectivity index (χ4n) is 3.46. The van der Waals surface area contributed by atoms with Crippen LogP contribution in [0.1, 0.15) is 49.7 Å². The maximum atomic E-state index is 13.7. The van der Waals surface area contributed by atoms with Crippen molar-refractivity contribution in [3.63, 3.8) is 0 Å². The number of hydrogen-bond acceptors (Lipinski definition) is 1. The van der Waals surface area contributed by atoms with Crippen LogP contribution in [0.3, 0.4) is 0 Å². The summed E-state index contributed by atoms with van der Waals surface area (Å²) in [5.41, 5.74) is 4.05. The van der Waals surface area contributed by atoms with Crippen molar-refractivity contribution in [1.29, 1.82) is 0 Å². The second kappa shape index (κ2) is 6.51. The third-order valence-corrected chi connectivity index (χ3v) is 4.79. The molecule has 22 heavy (non-hydrogen) atoms. The van der Waals surface area contributed by atoms with Gasteiger partial charge in [0, 0.05) is 5.56 Å². The third kappa shape index (κ3) is 3.01. The average molecular weight is 298 g/mol. The molecule has 2 unspecified atom stereocenters. The number of aryl methyl sites for hydroxylation is 1. The molecule has 1 saturated carbocycles. The first kappa shape index (κ1) is 15.1. The van der Waals surface area contributed by atoms with Crippen LogP contribution in [0, 0.1) is 0 Å². The highest BCUT2D eigenvalue weighted by molar-refractivity contribution is 5.72. The van der Waals surface area contributed by atoms with Crippen LogP contribution in [0.15, 0.2) is 42.5 Å². The molecule has 3 rings (SSSR count). The monoisotopic (exact) mass is 298 g/mol. The maximum absolute atomic E-state index is 13.7. The first-order valence-corrected chi connectivity index (χ1v) is 8.24. The normalized spacial score (nSPS) is 21.7. The lowest BCUT2D eigenvalue weighted by Crippen LogP contribution is -2.14. The molecule has 0 radical (unpaired) electrons. The molecule has 0 spiro atoms. The Labute approximate surface area is 131 Å². The minimum atomic E-state index is -0.731. The van der Waals surface area contributed by atoms with E-state index in [1.54, 1.807) is 0 Å². The first-order valence-electron chi connectivity index (χ1n) is 8.24. The van der Waals surface area contributed by atoms with Gasteiger partial charge in [0.15, 0.2) is 0 Å². The van der Waals surface area contributed by atoms with Gasteiger partial charge >= 0.3 is 0 Å². The van der Waals surface area contributed by atoms with Gasteiger partial charge in [-0.25, -0.2) is 4.39 Å². The zero-order valence-electron chi connectivity index (χ0n) is 13.1. The van der Waals surface area contributed by atoms with Crippen molar-refractivity contribution in [3.05, 3.63) is 53.6 Å². The maximum Gasteiger partial charge on any atom is 0.126 e. The smallest absolute Gasteiger partial charge is 0.126 e. The second-order valence-corrected chi connectivity index (χ2v) is 6.25. The van der Waals surface area contributed by atoms with Gasteiger partial charge in [0.05, 0.1) is 0 Å². The number of para-hydroxylation sites is 1. The molecular weight excluding hydrogens is 275 g/mol. The number of phenolic OH excluding ortho intramolecular Hbond substituents is 1. The molecule has 2 aromatic carbocycles. The lowest BCUT2D eigenvalue weighted by Gasteiger charge is -2.26. The van der Waals surface area contributed by atoms with Gasteiger partial charge in [-0.05, 0) is 54.7 Å². The Morgan fingerprint density at radius 2 is 1.86 bits per heavy atom. The van der Waals surface area contributed by atoms with Crippen LogP contribution in [-0.2, 0) is 6.42 Å². The predicted molar refractivity (Wildman–Crippen MR) is 89.0 cm³/mol. The SMILES string of the molecule is CCc1ccc(-c2cccc(C3CCCC(F)C3)c2O)cc1. The minimum absolute atomic E-state index is 0.138. The van der Waals surface area contributed by atoms with E-state index in [9.17, 15) is 9.50 Å². The van der Waals surface area contributed by atoms with E-state index in [2.05, 4.69) is 31.2 Å². The van der Waals surface area contributed by atoms with Gasteiger partial charge in [0.1, 0.15) is 11.9 Å². The third-order valence-electron chi connectivity index (χ3n) is 4.79. The Kier molecular flexibility index (Phi) is 4.47. The molecule has 1 aliphatic carbocycles. The van der Waals surface area contributed by atoms with Crippen LogP contribution in [0.2, 0.25) is 0 Å². The molecule has 2 aromatic rings. The van der Waals surface area contributed by atoms with E-state index in [0.29, 0.717) is 18.6 Å². The van der Waals surface area contributed by atoms with Crippen LogP contribution in [0.4, 0.5) is 4.39 Å². The number of phenols is 1. The molecule has 0 aromatic heterocycles. The molecule has 1 N–H and O–H groups in total. The summed E-state index contributed by atoms with van der Waals surface area (Å²) < 4.78 is 13.7.